The largest absolute Gasteiger partial charge is 0.503 e. The average Bonchev–Trinajstić information content (AvgIpc) is 3.17. The minimum Gasteiger partial charge on any atom is -0.503 e. The maximum Gasteiger partial charge on any atom is 0.274 e. The first-order chi connectivity index (χ1) is 14.2. The molecule has 1 fully saturated rings. The van der Waals surface area contributed by atoms with Crippen molar-refractivity contribution in [1.29, 1.82) is 0 Å². The summed E-state index contributed by atoms with van der Waals surface area (Å²) in [5.74, 6) is -6.02. The molecule has 2 aliphatic rings. The summed E-state index contributed by atoms with van der Waals surface area (Å²) in [7, 11) is 1.52. The molecule has 2 amide bonds. The molecular weight excluding hydrogens is 407 g/mol. The van der Waals surface area contributed by atoms with Crippen molar-refractivity contribution in [2.24, 2.45) is 0 Å². The van der Waals surface area contributed by atoms with Crippen molar-refractivity contribution >= 4 is 11.8 Å². The maximum atomic E-state index is 13.8. The van der Waals surface area contributed by atoms with Crippen molar-refractivity contribution in [3.05, 3.63) is 62.8 Å². The van der Waals surface area contributed by atoms with Crippen molar-refractivity contribution in [2.45, 2.75) is 18.6 Å². The second kappa shape index (κ2) is 7.17. The average molecular weight is 423 g/mol. The predicted molar refractivity (Wildman–Crippen MR) is 95.6 cm³/mol. The van der Waals surface area contributed by atoms with Gasteiger partial charge in [0.1, 0.15) is 23.0 Å². The van der Waals surface area contributed by atoms with Crippen molar-refractivity contribution in [1.82, 2.24) is 14.8 Å². The van der Waals surface area contributed by atoms with Gasteiger partial charge in [-0.1, -0.05) is 0 Å². The fourth-order valence-corrected chi connectivity index (χ4v) is 3.74. The second-order valence-corrected chi connectivity index (χ2v) is 7.10. The third kappa shape index (κ3) is 3.02. The molecule has 3 heterocycles. The zero-order chi connectivity index (χ0) is 21.7. The number of carbonyl (C=O) groups excluding carboxylic acids is 2. The van der Waals surface area contributed by atoms with Gasteiger partial charge in [0.2, 0.25) is 5.43 Å². The number of nitrogens with one attached hydrogen (secondary N) is 1. The van der Waals surface area contributed by atoms with Gasteiger partial charge < -0.3 is 24.6 Å². The molecule has 2 N–H and O–H groups in total. The van der Waals surface area contributed by atoms with Crippen LogP contribution in [-0.2, 0) is 11.3 Å². The van der Waals surface area contributed by atoms with Gasteiger partial charge in [0.15, 0.2) is 11.4 Å². The number of pyridine rings is 1. The van der Waals surface area contributed by atoms with Crippen LogP contribution in [0.25, 0.3) is 0 Å². The van der Waals surface area contributed by atoms with Crippen molar-refractivity contribution in [3.8, 4) is 5.75 Å². The topological polar surface area (TPSA) is 101 Å². The van der Waals surface area contributed by atoms with Crippen LogP contribution in [0, 0.1) is 17.5 Å². The highest BCUT2D eigenvalue weighted by Crippen LogP contribution is 2.33. The lowest BCUT2D eigenvalue weighted by Gasteiger charge is -2.36. The number of ether oxygens (including phenoxy) is 1. The maximum absolute atomic E-state index is 13.8. The Labute approximate surface area is 167 Å². The number of likely N-dealkylation sites (N-methyl/N-ethyl adjacent to an activating group) is 1. The lowest BCUT2D eigenvalue weighted by atomic mass is 10.0. The highest BCUT2D eigenvalue weighted by atomic mass is 19.1. The molecular formula is C19H16F3N3O5. The molecule has 2 aliphatic heterocycles. The number of fused-ring (bicyclic) bond motifs is 3. The first-order valence-corrected chi connectivity index (χ1v) is 8.95. The molecule has 158 valence electrons. The third-order valence-electron chi connectivity index (χ3n) is 5.39. The summed E-state index contributed by atoms with van der Waals surface area (Å²) in [6, 6.07) is 0.164. The Hall–Kier alpha value is -3.34. The Kier molecular flexibility index (Phi) is 4.77. The number of benzene rings is 1. The van der Waals surface area contributed by atoms with Crippen LogP contribution < -0.4 is 10.7 Å². The number of aromatic nitrogens is 1. The van der Waals surface area contributed by atoms with Gasteiger partial charge in [0.05, 0.1) is 25.3 Å². The molecule has 0 saturated carbocycles. The van der Waals surface area contributed by atoms with Gasteiger partial charge in [-0.25, -0.2) is 13.2 Å². The lowest BCUT2D eigenvalue weighted by Crippen LogP contribution is -2.49. The number of rotatable bonds is 3. The summed E-state index contributed by atoms with van der Waals surface area (Å²) in [5.41, 5.74) is -2.46. The molecule has 0 aliphatic carbocycles. The van der Waals surface area contributed by atoms with E-state index in [1.165, 1.54) is 16.5 Å². The van der Waals surface area contributed by atoms with Crippen LogP contribution in [0.1, 0.15) is 32.5 Å². The number of nitrogens with zero attached hydrogens (tertiary/aromatic N) is 2. The molecule has 2 aromatic rings. The molecule has 0 radical (unpaired) electrons. The third-order valence-corrected chi connectivity index (χ3v) is 5.39. The molecule has 0 spiro atoms. The van der Waals surface area contributed by atoms with Gasteiger partial charge >= 0.3 is 0 Å². The quantitative estimate of drug-likeness (QED) is 0.765. The van der Waals surface area contributed by atoms with Crippen LogP contribution in [-0.4, -0.2) is 52.7 Å². The van der Waals surface area contributed by atoms with E-state index < -0.39 is 64.2 Å². The number of hydrogen-bond donors (Lipinski definition) is 2. The monoisotopic (exact) mass is 423 g/mol. The van der Waals surface area contributed by atoms with Gasteiger partial charge in [-0.2, -0.15) is 0 Å². The number of halogens is 3. The van der Waals surface area contributed by atoms with Gasteiger partial charge in [-0.3, -0.25) is 14.4 Å². The zero-order valence-corrected chi connectivity index (χ0v) is 15.6. The Morgan fingerprint density at radius 1 is 1.20 bits per heavy atom. The summed E-state index contributed by atoms with van der Waals surface area (Å²) in [5, 5.41) is 12.5. The highest BCUT2D eigenvalue weighted by Gasteiger charge is 2.43. The van der Waals surface area contributed by atoms with E-state index >= 15 is 0 Å². The number of hydrogen-bond acceptors (Lipinski definition) is 5. The molecule has 1 saturated heterocycles. The van der Waals surface area contributed by atoms with E-state index in [0.29, 0.717) is 12.1 Å². The first kappa shape index (κ1) is 20.0. The number of carbonyl (C=O) groups is 2. The Bertz CT molecular complexity index is 1110. The van der Waals surface area contributed by atoms with Crippen LogP contribution in [0.15, 0.2) is 23.1 Å². The van der Waals surface area contributed by atoms with Gasteiger partial charge in [-0.05, 0) is 0 Å². The SMILES string of the molecule is CN1C(=O)c2c(O)c(=O)c(C(=O)NCc3c(F)cc(F)cc3F)cn2[C@H]2COC[C@H]21. The minimum absolute atomic E-state index is 0.199. The Morgan fingerprint density at radius 3 is 2.50 bits per heavy atom. The molecule has 0 bridgehead atoms. The fourth-order valence-electron chi connectivity index (χ4n) is 3.74. The Morgan fingerprint density at radius 2 is 1.83 bits per heavy atom. The molecule has 1 aromatic heterocycles. The molecule has 8 nitrogen and oxygen atoms in total. The van der Waals surface area contributed by atoms with Crippen LogP contribution in [0.5, 0.6) is 5.75 Å². The van der Waals surface area contributed by atoms with Gasteiger partial charge in [0.25, 0.3) is 11.8 Å². The zero-order valence-electron chi connectivity index (χ0n) is 15.6. The van der Waals surface area contributed by atoms with Crippen LogP contribution >= 0.6 is 0 Å². The van der Waals surface area contributed by atoms with E-state index in [0.717, 1.165) is 6.20 Å². The van der Waals surface area contributed by atoms with Crippen molar-refractivity contribution < 1.29 is 32.6 Å². The summed E-state index contributed by atoms with van der Waals surface area (Å²) < 4.78 is 47.3. The summed E-state index contributed by atoms with van der Waals surface area (Å²) in [6.45, 7) is -0.204. The predicted octanol–water partition coefficient (Wildman–Crippen LogP) is 0.927. The molecule has 2 atom stereocenters. The molecule has 1 aromatic carbocycles. The number of aromatic hydroxyl groups is 1. The normalized spacial score (nSPS) is 20.1. The first-order valence-electron chi connectivity index (χ1n) is 8.95. The van der Waals surface area contributed by atoms with E-state index in [2.05, 4.69) is 5.32 Å². The van der Waals surface area contributed by atoms with E-state index in [1.807, 2.05) is 0 Å². The van der Waals surface area contributed by atoms with E-state index in [1.54, 1.807) is 0 Å². The summed E-state index contributed by atoms with van der Waals surface area (Å²) in [4.78, 5) is 38.9. The number of amides is 2. The van der Waals surface area contributed by atoms with Crippen molar-refractivity contribution in [3.63, 3.8) is 0 Å². The molecule has 0 unspecified atom stereocenters. The fraction of sp³-hybridized carbons (Fsp3) is 0.316. The van der Waals surface area contributed by atoms with Crippen LogP contribution in [0.2, 0.25) is 0 Å². The Balaban J connectivity index is 1.68. The standard InChI is InChI=1S/C19H16F3N3O5/c1-24-13-6-30-7-14(13)25-5-10(16(26)17(27)15(25)19(24)29)18(28)23-4-9-11(21)2-8(20)3-12(9)22/h2-3,5,13-14,27H,4,6-7H2,1H3,(H,23,28)/t13-,14+/m1/s1. The van der Waals surface area contributed by atoms with E-state index in [4.69, 9.17) is 4.74 Å². The smallest absolute Gasteiger partial charge is 0.274 e. The highest BCUT2D eigenvalue weighted by molar-refractivity contribution is 5.99. The second-order valence-electron chi connectivity index (χ2n) is 7.10. The van der Waals surface area contributed by atoms with Crippen molar-refractivity contribution in [2.75, 3.05) is 20.3 Å². The van der Waals surface area contributed by atoms with Crippen LogP contribution in [0.3, 0.4) is 0 Å². The van der Waals surface area contributed by atoms with E-state index in [9.17, 15) is 32.7 Å². The van der Waals surface area contributed by atoms with Gasteiger partial charge in [-0.15, -0.1) is 0 Å². The molecule has 4 rings (SSSR count). The molecule has 11 heteroatoms. The molecule has 30 heavy (non-hydrogen) atoms. The summed E-state index contributed by atoms with van der Waals surface area (Å²) in [6.07, 6.45) is 1.13. The van der Waals surface area contributed by atoms with Crippen LogP contribution in [0.4, 0.5) is 13.2 Å². The minimum atomic E-state index is -1.20. The van der Waals surface area contributed by atoms with E-state index in [-0.39, 0.29) is 24.9 Å². The summed E-state index contributed by atoms with van der Waals surface area (Å²) >= 11 is 0. The lowest BCUT2D eigenvalue weighted by molar-refractivity contribution is 0.0622. The van der Waals surface area contributed by atoms with Gasteiger partial charge in [0, 0.05) is 37.5 Å².